The van der Waals surface area contributed by atoms with Crippen LogP contribution in [0.15, 0.2) is 35.7 Å². The van der Waals surface area contributed by atoms with Gasteiger partial charge in [0, 0.05) is 11.7 Å². The number of hydrogen-bond acceptors (Lipinski definition) is 3. The van der Waals surface area contributed by atoms with Crippen molar-refractivity contribution in [1.82, 2.24) is 4.72 Å². The average Bonchev–Trinajstić information content (AvgIpc) is 2.21. The highest BCUT2D eigenvalue weighted by Gasteiger charge is 2.16. The second-order valence-corrected chi connectivity index (χ2v) is 5.38. The molecule has 1 unspecified atom stereocenters. The summed E-state index contributed by atoms with van der Waals surface area (Å²) in [7, 11) is -3.49. The van der Waals surface area contributed by atoms with Crippen LogP contribution in [0.3, 0.4) is 0 Å². The SMILES string of the molecule is C=CC(C)NS(=O)(=O)c1ccc(N)c(C)c1. The molecule has 1 rings (SSSR count). The Labute approximate surface area is 96.2 Å². The zero-order valence-electron chi connectivity index (χ0n) is 9.40. The molecule has 0 saturated heterocycles. The molecule has 0 radical (unpaired) electrons. The number of aryl methyl sites for hydroxylation is 1. The van der Waals surface area contributed by atoms with E-state index in [0.717, 1.165) is 5.56 Å². The molecule has 1 atom stereocenters. The number of hydrogen-bond donors (Lipinski definition) is 2. The third-order valence-corrected chi connectivity index (χ3v) is 3.80. The van der Waals surface area contributed by atoms with E-state index in [2.05, 4.69) is 11.3 Å². The fourth-order valence-corrected chi connectivity index (χ4v) is 2.48. The van der Waals surface area contributed by atoms with Crippen LogP contribution in [0.5, 0.6) is 0 Å². The van der Waals surface area contributed by atoms with E-state index in [0.29, 0.717) is 5.69 Å². The van der Waals surface area contributed by atoms with Crippen LogP contribution < -0.4 is 10.5 Å². The third kappa shape index (κ3) is 2.84. The third-order valence-electron chi connectivity index (χ3n) is 2.25. The first-order valence-corrected chi connectivity index (χ1v) is 6.36. The molecule has 0 aliphatic heterocycles. The Morgan fingerprint density at radius 2 is 2.12 bits per heavy atom. The summed E-state index contributed by atoms with van der Waals surface area (Å²) in [6.07, 6.45) is 1.53. The molecule has 88 valence electrons. The molecule has 16 heavy (non-hydrogen) atoms. The van der Waals surface area contributed by atoms with Gasteiger partial charge < -0.3 is 5.73 Å². The maximum Gasteiger partial charge on any atom is 0.241 e. The van der Waals surface area contributed by atoms with Crippen LogP contribution in [0.4, 0.5) is 5.69 Å². The predicted molar refractivity (Wildman–Crippen MR) is 65.6 cm³/mol. The molecule has 0 aliphatic carbocycles. The Morgan fingerprint density at radius 1 is 1.50 bits per heavy atom. The standard InChI is InChI=1S/C11H16N2O2S/c1-4-9(3)13-16(14,15)10-5-6-11(12)8(2)7-10/h4-7,9,13H,1,12H2,2-3H3. The van der Waals surface area contributed by atoms with Crippen molar-refractivity contribution in [1.29, 1.82) is 0 Å². The van der Waals surface area contributed by atoms with Crippen LogP contribution in [0.2, 0.25) is 0 Å². The molecule has 0 saturated carbocycles. The summed E-state index contributed by atoms with van der Waals surface area (Å²) in [6.45, 7) is 7.01. The Bertz CT molecular complexity index is 495. The molecular formula is C11H16N2O2S. The molecule has 0 amide bonds. The molecule has 4 nitrogen and oxygen atoms in total. The second-order valence-electron chi connectivity index (χ2n) is 3.66. The number of anilines is 1. The van der Waals surface area contributed by atoms with Gasteiger partial charge in [-0.2, -0.15) is 0 Å². The van der Waals surface area contributed by atoms with Crippen molar-refractivity contribution in [3.8, 4) is 0 Å². The molecule has 1 aromatic carbocycles. The maximum atomic E-state index is 11.9. The normalized spacial score (nSPS) is 13.4. The van der Waals surface area contributed by atoms with Crippen LogP contribution in [0.25, 0.3) is 0 Å². The minimum Gasteiger partial charge on any atom is -0.399 e. The quantitative estimate of drug-likeness (QED) is 0.617. The summed E-state index contributed by atoms with van der Waals surface area (Å²) in [4.78, 5) is 0.216. The number of nitrogens with two attached hydrogens (primary N) is 1. The summed E-state index contributed by atoms with van der Waals surface area (Å²) in [5.74, 6) is 0. The van der Waals surface area contributed by atoms with E-state index in [-0.39, 0.29) is 10.9 Å². The van der Waals surface area contributed by atoms with Gasteiger partial charge in [-0.05, 0) is 37.6 Å². The van der Waals surface area contributed by atoms with Crippen LogP contribution in [-0.4, -0.2) is 14.5 Å². The van der Waals surface area contributed by atoms with Crippen molar-refractivity contribution in [3.05, 3.63) is 36.4 Å². The van der Waals surface area contributed by atoms with Crippen molar-refractivity contribution >= 4 is 15.7 Å². The van der Waals surface area contributed by atoms with Gasteiger partial charge in [-0.1, -0.05) is 6.08 Å². The highest BCUT2D eigenvalue weighted by Crippen LogP contribution is 2.16. The molecule has 3 N–H and O–H groups in total. The second kappa shape index (κ2) is 4.67. The monoisotopic (exact) mass is 240 g/mol. The lowest BCUT2D eigenvalue weighted by atomic mass is 10.2. The minimum atomic E-state index is -3.49. The zero-order valence-corrected chi connectivity index (χ0v) is 10.2. The number of benzene rings is 1. The average molecular weight is 240 g/mol. The largest absolute Gasteiger partial charge is 0.399 e. The lowest BCUT2D eigenvalue weighted by molar-refractivity contribution is 0.576. The summed E-state index contributed by atoms with van der Waals surface area (Å²) < 4.78 is 26.2. The Morgan fingerprint density at radius 3 is 2.62 bits per heavy atom. The van der Waals surface area contributed by atoms with E-state index in [1.165, 1.54) is 12.1 Å². The molecule has 0 heterocycles. The van der Waals surface area contributed by atoms with Crippen LogP contribution in [0.1, 0.15) is 12.5 Å². The van der Waals surface area contributed by atoms with Crippen molar-refractivity contribution in [2.24, 2.45) is 0 Å². The maximum absolute atomic E-state index is 11.9. The van der Waals surface area contributed by atoms with Gasteiger partial charge in [-0.25, -0.2) is 13.1 Å². The van der Waals surface area contributed by atoms with E-state index in [1.54, 1.807) is 26.0 Å². The Kier molecular flexibility index (Phi) is 3.72. The van der Waals surface area contributed by atoms with Crippen LogP contribution in [0, 0.1) is 6.92 Å². The lowest BCUT2D eigenvalue weighted by Gasteiger charge is -2.11. The molecular weight excluding hydrogens is 224 g/mol. The van der Waals surface area contributed by atoms with Gasteiger partial charge in [0.15, 0.2) is 0 Å². The molecule has 0 aliphatic rings. The lowest BCUT2D eigenvalue weighted by Crippen LogP contribution is -2.31. The van der Waals surface area contributed by atoms with Gasteiger partial charge >= 0.3 is 0 Å². The van der Waals surface area contributed by atoms with E-state index >= 15 is 0 Å². The molecule has 0 aromatic heterocycles. The van der Waals surface area contributed by atoms with Crippen molar-refractivity contribution < 1.29 is 8.42 Å². The first kappa shape index (κ1) is 12.7. The number of rotatable bonds is 4. The van der Waals surface area contributed by atoms with Gasteiger partial charge in [0.25, 0.3) is 0 Å². The molecule has 1 aromatic rings. The topological polar surface area (TPSA) is 72.2 Å². The molecule has 0 spiro atoms. The van der Waals surface area contributed by atoms with E-state index in [4.69, 9.17) is 5.73 Å². The zero-order chi connectivity index (χ0) is 12.3. The first-order chi connectivity index (χ1) is 7.36. The van der Waals surface area contributed by atoms with E-state index in [1.807, 2.05) is 0 Å². The smallest absolute Gasteiger partial charge is 0.241 e. The summed E-state index contributed by atoms with van der Waals surface area (Å²) >= 11 is 0. The minimum absolute atomic E-state index is 0.216. The first-order valence-electron chi connectivity index (χ1n) is 4.88. The molecule has 0 bridgehead atoms. The van der Waals surface area contributed by atoms with Gasteiger partial charge in [0.05, 0.1) is 4.90 Å². The number of nitrogens with one attached hydrogen (secondary N) is 1. The highest BCUT2D eigenvalue weighted by atomic mass is 32.2. The number of sulfonamides is 1. The van der Waals surface area contributed by atoms with Crippen LogP contribution >= 0.6 is 0 Å². The van der Waals surface area contributed by atoms with Gasteiger partial charge in [-0.3, -0.25) is 0 Å². The fraction of sp³-hybridized carbons (Fsp3) is 0.273. The van der Waals surface area contributed by atoms with Crippen molar-refractivity contribution in [2.75, 3.05) is 5.73 Å². The van der Waals surface area contributed by atoms with Gasteiger partial charge in [0.2, 0.25) is 10.0 Å². The summed E-state index contributed by atoms with van der Waals surface area (Å²) in [5, 5.41) is 0. The summed E-state index contributed by atoms with van der Waals surface area (Å²) in [6, 6.07) is 4.32. The van der Waals surface area contributed by atoms with E-state index in [9.17, 15) is 8.42 Å². The Balaban J connectivity index is 3.08. The molecule has 0 fully saturated rings. The highest BCUT2D eigenvalue weighted by molar-refractivity contribution is 7.89. The van der Waals surface area contributed by atoms with Crippen molar-refractivity contribution in [3.63, 3.8) is 0 Å². The predicted octanol–water partition coefficient (Wildman–Crippen LogP) is 1.43. The summed E-state index contributed by atoms with van der Waals surface area (Å²) in [5.41, 5.74) is 6.95. The van der Waals surface area contributed by atoms with Gasteiger partial charge in [0.1, 0.15) is 0 Å². The van der Waals surface area contributed by atoms with E-state index < -0.39 is 10.0 Å². The van der Waals surface area contributed by atoms with Crippen LogP contribution in [-0.2, 0) is 10.0 Å². The molecule has 5 heteroatoms. The van der Waals surface area contributed by atoms with Gasteiger partial charge in [-0.15, -0.1) is 6.58 Å². The van der Waals surface area contributed by atoms with Crippen molar-refractivity contribution in [2.45, 2.75) is 24.8 Å². The Hall–Kier alpha value is -1.33. The number of nitrogen functional groups attached to an aromatic ring is 1. The fourth-order valence-electron chi connectivity index (χ4n) is 1.18.